The zero-order valence-corrected chi connectivity index (χ0v) is 18.2. The molecule has 3 rings (SSSR count). The van der Waals surface area contributed by atoms with E-state index in [1.54, 1.807) is 12.1 Å². The highest BCUT2D eigenvalue weighted by Gasteiger charge is 2.56. The molecule has 0 unspecified atom stereocenters. The highest BCUT2D eigenvalue weighted by molar-refractivity contribution is 5.99. The van der Waals surface area contributed by atoms with Crippen molar-refractivity contribution in [3.8, 4) is 5.75 Å². The van der Waals surface area contributed by atoms with Gasteiger partial charge >= 0.3 is 5.97 Å². The molecule has 5 heteroatoms. The molecule has 0 fully saturated rings. The Morgan fingerprint density at radius 3 is 1.79 bits per heavy atom. The third-order valence-corrected chi connectivity index (χ3v) is 6.24. The summed E-state index contributed by atoms with van der Waals surface area (Å²) in [5, 5.41) is 0. The molecule has 2 atom stereocenters. The van der Waals surface area contributed by atoms with Crippen molar-refractivity contribution in [1.29, 1.82) is 0 Å². The number of hydrogen-bond donors (Lipinski definition) is 1. The van der Waals surface area contributed by atoms with Gasteiger partial charge in [-0.3, -0.25) is 4.79 Å². The molecule has 0 spiro atoms. The molecule has 0 aliphatic carbocycles. The fourth-order valence-electron chi connectivity index (χ4n) is 3.68. The van der Waals surface area contributed by atoms with Crippen molar-refractivity contribution in [1.82, 2.24) is 0 Å². The molecule has 0 aromatic heterocycles. The monoisotopic (exact) mass is 391 g/mol. The molecule has 28 heavy (non-hydrogen) atoms. The largest absolute Gasteiger partial charge is 0.426 e. The van der Waals surface area contributed by atoms with E-state index in [9.17, 15) is 4.79 Å². The summed E-state index contributed by atoms with van der Waals surface area (Å²) < 4.78 is 12.0. The molecule has 0 amide bonds. The molecule has 0 bridgehead atoms. The molecular formula is C23H25NO3Si. The molecule has 144 valence electrons. The molecule has 0 saturated heterocycles. The van der Waals surface area contributed by atoms with E-state index in [0.29, 0.717) is 16.2 Å². The maximum atomic E-state index is 13.7. The maximum absolute atomic E-state index is 13.7. The molecule has 0 saturated carbocycles. The first-order valence-electron chi connectivity index (χ1n) is 9.22. The van der Waals surface area contributed by atoms with Crippen LogP contribution in [0.1, 0.15) is 18.1 Å². The zero-order chi connectivity index (χ0) is 20.0. The number of rotatable bonds is 7. The second-order valence-electron chi connectivity index (χ2n) is 6.78. The Morgan fingerprint density at radius 2 is 1.32 bits per heavy atom. The van der Waals surface area contributed by atoms with E-state index in [1.165, 1.54) is 0 Å². The number of para-hydroxylation sites is 1. The summed E-state index contributed by atoms with van der Waals surface area (Å²) in [6.07, 6.45) is 0. The number of ether oxygens (including phenoxy) is 1. The van der Waals surface area contributed by atoms with Crippen molar-refractivity contribution >= 4 is 16.5 Å². The molecule has 3 aromatic rings. The smallest absolute Gasteiger partial charge is 0.326 e. The molecule has 0 aliphatic rings. The Morgan fingerprint density at radius 1 is 0.857 bits per heavy atom. The molecule has 2 N–H and O–H groups in total. The van der Waals surface area contributed by atoms with E-state index in [0.717, 1.165) is 11.1 Å². The van der Waals surface area contributed by atoms with Crippen LogP contribution in [0, 0.1) is 0 Å². The van der Waals surface area contributed by atoms with Crippen LogP contribution in [0.4, 0.5) is 0 Å². The molecule has 3 aromatic carbocycles. The first kappa shape index (κ1) is 20.0. The summed E-state index contributed by atoms with van der Waals surface area (Å²) in [5.74, 6) is 0.0413. The second-order valence-corrected chi connectivity index (χ2v) is 7.19. The van der Waals surface area contributed by atoms with Crippen LogP contribution in [0.3, 0.4) is 0 Å². The third kappa shape index (κ3) is 3.40. The SMILES string of the molecule is C[C@@](O[SiH3])(c1ccccc1)[C@](CN)(C(=O)Oc1ccccc1)c1ccccc1. The van der Waals surface area contributed by atoms with E-state index in [1.807, 2.05) is 85.8 Å². The van der Waals surface area contributed by atoms with Gasteiger partial charge in [0.15, 0.2) is 0 Å². The number of esters is 1. The number of benzene rings is 3. The lowest BCUT2D eigenvalue weighted by Gasteiger charge is -2.46. The first-order chi connectivity index (χ1) is 13.6. The lowest BCUT2D eigenvalue weighted by molar-refractivity contribution is -0.150. The highest BCUT2D eigenvalue weighted by Crippen LogP contribution is 2.45. The normalized spacial score (nSPS) is 15.4. The lowest BCUT2D eigenvalue weighted by Crippen LogP contribution is -2.60. The summed E-state index contributed by atoms with van der Waals surface area (Å²) in [6, 6.07) is 28.3. The van der Waals surface area contributed by atoms with E-state index in [2.05, 4.69) is 0 Å². The average Bonchev–Trinajstić information content (AvgIpc) is 2.76. The van der Waals surface area contributed by atoms with E-state index in [4.69, 9.17) is 14.9 Å². The van der Waals surface area contributed by atoms with Gasteiger partial charge < -0.3 is 14.9 Å². The van der Waals surface area contributed by atoms with Crippen LogP contribution in [-0.2, 0) is 20.2 Å². The van der Waals surface area contributed by atoms with Gasteiger partial charge in [0.05, 0.1) is 5.60 Å². The highest BCUT2D eigenvalue weighted by atomic mass is 28.2. The van der Waals surface area contributed by atoms with Crippen LogP contribution < -0.4 is 10.5 Å². The van der Waals surface area contributed by atoms with Crippen LogP contribution in [0.25, 0.3) is 0 Å². The van der Waals surface area contributed by atoms with E-state index >= 15 is 0 Å². The molecule has 4 nitrogen and oxygen atoms in total. The Hall–Kier alpha value is -2.73. The average molecular weight is 392 g/mol. The summed E-state index contributed by atoms with van der Waals surface area (Å²) in [6.45, 7) is 1.96. The fraction of sp³-hybridized carbons (Fsp3) is 0.174. The molecular weight excluding hydrogens is 366 g/mol. The predicted octanol–water partition coefficient (Wildman–Crippen LogP) is 2.70. The Kier molecular flexibility index (Phi) is 6.09. The minimum absolute atomic E-state index is 0.0380. The van der Waals surface area contributed by atoms with Gasteiger partial charge in [0.2, 0.25) is 0 Å². The summed E-state index contributed by atoms with van der Waals surface area (Å²) >= 11 is 0. The van der Waals surface area contributed by atoms with Crippen LogP contribution in [0.5, 0.6) is 5.75 Å². The van der Waals surface area contributed by atoms with Crippen molar-refractivity contribution in [2.24, 2.45) is 5.73 Å². The quantitative estimate of drug-likeness (QED) is 0.382. The number of carbonyl (C=O) groups excluding carboxylic acids is 1. The van der Waals surface area contributed by atoms with Crippen molar-refractivity contribution < 1.29 is 14.0 Å². The minimum atomic E-state index is -1.22. The Labute approximate surface area is 168 Å². The van der Waals surface area contributed by atoms with Gasteiger partial charge in [0, 0.05) is 6.54 Å². The van der Waals surface area contributed by atoms with Gasteiger partial charge in [-0.25, -0.2) is 0 Å². The van der Waals surface area contributed by atoms with E-state index < -0.39 is 17.0 Å². The summed E-state index contributed by atoms with van der Waals surface area (Å²) in [7, 11) is 0.423. The number of nitrogens with two attached hydrogens (primary N) is 1. The molecule has 0 radical (unpaired) electrons. The standard InChI is InChI=1S/C23H25NO3Si/c1-22(27-28,18-11-5-2-6-12-18)23(17-24,19-13-7-3-8-14-19)21(25)26-20-15-9-4-10-16-20/h2-16H,17,24H2,1,28H3/t22-,23+/m1/s1. The van der Waals surface area contributed by atoms with Crippen molar-refractivity contribution in [3.63, 3.8) is 0 Å². The van der Waals surface area contributed by atoms with Crippen molar-refractivity contribution in [3.05, 3.63) is 102 Å². The van der Waals surface area contributed by atoms with Gasteiger partial charge in [-0.05, 0) is 30.2 Å². The van der Waals surface area contributed by atoms with Gasteiger partial charge in [0.1, 0.15) is 21.7 Å². The van der Waals surface area contributed by atoms with Crippen LogP contribution in [0.2, 0.25) is 0 Å². The van der Waals surface area contributed by atoms with Gasteiger partial charge in [-0.1, -0.05) is 78.9 Å². The van der Waals surface area contributed by atoms with Gasteiger partial charge in [-0.15, -0.1) is 0 Å². The van der Waals surface area contributed by atoms with Crippen molar-refractivity contribution in [2.45, 2.75) is 17.9 Å². The van der Waals surface area contributed by atoms with Crippen LogP contribution in [0.15, 0.2) is 91.0 Å². The van der Waals surface area contributed by atoms with Gasteiger partial charge in [0.25, 0.3) is 0 Å². The summed E-state index contributed by atoms with van der Waals surface area (Å²) in [4.78, 5) is 13.7. The van der Waals surface area contributed by atoms with Crippen molar-refractivity contribution in [2.75, 3.05) is 6.54 Å². The van der Waals surface area contributed by atoms with Crippen LogP contribution in [-0.4, -0.2) is 23.0 Å². The second kappa shape index (κ2) is 8.52. The molecule has 0 heterocycles. The molecule has 0 aliphatic heterocycles. The Balaban J connectivity index is 2.20. The van der Waals surface area contributed by atoms with Crippen LogP contribution >= 0.6 is 0 Å². The number of hydrogen-bond acceptors (Lipinski definition) is 4. The first-order valence-corrected chi connectivity index (χ1v) is 10.0. The van der Waals surface area contributed by atoms with E-state index in [-0.39, 0.29) is 6.54 Å². The predicted molar refractivity (Wildman–Crippen MR) is 114 cm³/mol. The minimum Gasteiger partial charge on any atom is -0.426 e. The maximum Gasteiger partial charge on any atom is 0.326 e. The van der Waals surface area contributed by atoms with Gasteiger partial charge in [-0.2, -0.15) is 0 Å². The zero-order valence-electron chi connectivity index (χ0n) is 16.2. The number of carbonyl (C=O) groups is 1. The fourth-order valence-corrected chi connectivity index (χ4v) is 4.27. The summed E-state index contributed by atoms with van der Waals surface area (Å²) in [5.41, 5.74) is 5.77. The lowest BCUT2D eigenvalue weighted by atomic mass is 9.65. The third-order valence-electron chi connectivity index (χ3n) is 5.42. The topological polar surface area (TPSA) is 61.5 Å². The Bertz CT molecular complexity index is 905.